The summed E-state index contributed by atoms with van der Waals surface area (Å²) < 4.78 is 5.62. The van der Waals surface area contributed by atoms with Gasteiger partial charge in [-0.15, -0.1) is 0 Å². The normalized spacial score (nSPS) is 16.1. The fourth-order valence-corrected chi connectivity index (χ4v) is 3.05. The molecule has 1 aliphatic rings. The van der Waals surface area contributed by atoms with Crippen LogP contribution in [0.25, 0.3) is 10.9 Å². The molecule has 1 aliphatic heterocycles. The van der Waals surface area contributed by atoms with Gasteiger partial charge < -0.3 is 15.0 Å². The van der Waals surface area contributed by atoms with Crippen molar-refractivity contribution in [2.45, 2.75) is 12.5 Å². The summed E-state index contributed by atoms with van der Waals surface area (Å²) in [4.78, 5) is 29.4. The quantitative estimate of drug-likeness (QED) is 0.561. The van der Waals surface area contributed by atoms with Crippen molar-refractivity contribution in [2.75, 3.05) is 11.9 Å². The van der Waals surface area contributed by atoms with Gasteiger partial charge in [-0.05, 0) is 12.1 Å². The summed E-state index contributed by atoms with van der Waals surface area (Å²) in [5, 5.41) is 14.9. The molecule has 0 aliphatic carbocycles. The highest BCUT2D eigenvalue weighted by Gasteiger charge is 2.25. The minimum Gasteiger partial charge on any atom is -0.493 e. The topological polar surface area (TPSA) is 110 Å². The summed E-state index contributed by atoms with van der Waals surface area (Å²) in [6, 6.07) is 10.3. The lowest BCUT2D eigenvalue weighted by molar-refractivity contribution is -0.383. The summed E-state index contributed by atoms with van der Waals surface area (Å²) in [6.07, 6.45) is 1.96. The Kier molecular flexibility index (Phi) is 3.57. The predicted octanol–water partition coefficient (Wildman–Crippen LogP) is 2.77. The number of H-pyrrole nitrogens is 1. The number of para-hydroxylation sites is 1. The zero-order valence-corrected chi connectivity index (χ0v) is 13.1. The van der Waals surface area contributed by atoms with Crippen LogP contribution in [0.5, 0.6) is 5.75 Å². The Balaban J connectivity index is 1.81. The van der Waals surface area contributed by atoms with Crippen LogP contribution in [-0.4, -0.2) is 21.5 Å². The smallest absolute Gasteiger partial charge is 0.293 e. The van der Waals surface area contributed by atoms with Crippen molar-refractivity contribution >= 4 is 22.3 Å². The van der Waals surface area contributed by atoms with Crippen LogP contribution in [-0.2, 0) is 0 Å². The number of nitro benzene ring substituents is 1. The number of rotatable bonds is 3. The van der Waals surface area contributed by atoms with Gasteiger partial charge in [0.05, 0.1) is 34.8 Å². The highest BCUT2D eigenvalue weighted by molar-refractivity contribution is 5.86. The Labute approximate surface area is 141 Å². The molecule has 8 nitrogen and oxygen atoms in total. The predicted molar refractivity (Wildman–Crippen MR) is 91.9 cm³/mol. The Morgan fingerprint density at radius 1 is 1.32 bits per heavy atom. The molecule has 126 valence electrons. The van der Waals surface area contributed by atoms with E-state index >= 15 is 0 Å². The summed E-state index contributed by atoms with van der Waals surface area (Å²) >= 11 is 0. The standard InChI is InChI=1S/C17H14N4O4/c22-17-11-7-15(21(23)24)14(8-13(11)18-9-19-17)20-12-5-6-25-16-4-2-1-3-10(12)16/h1-4,7-9,12,20H,5-6H2,(H,18,19,22). The molecule has 8 heteroatoms. The van der Waals surface area contributed by atoms with Crippen molar-refractivity contribution in [2.24, 2.45) is 0 Å². The molecule has 1 aromatic heterocycles. The van der Waals surface area contributed by atoms with E-state index in [9.17, 15) is 14.9 Å². The Morgan fingerprint density at radius 3 is 3.00 bits per heavy atom. The third-order valence-corrected chi connectivity index (χ3v) is 4.24. The molecule has 0 fully saturated rings. The van der Waals surface area contributed by atoms with Gasteiger partial charge in [-0.2, -0.15) is 0 Å². The molecule has 2 aromatic carbocycles. The highest BCUT2D eigenvalue weighted by Crippen LogP contribution is 2.37. The van der Waals surface area contributed by atoms with Gasteiger partial charge >= 0.3 is 0 Å². The molecule has 2 heterocycles. The molecule has 1 atom stereocenters. The monoisotopic (exact) mass is 338 g/mol. The number of nitrogens with zero attached hydrogens (tertiary/aromatic N) is 2. The second-order valence-corrected chi connectivity index (χ2v) is 5.75. The van der Waals surface area contributed by atoms with Crippen molar-refractivity contribution in [3.63, 3.8) is 0 Å². The van der Waals surface area contributed by atoms with Gasteiger partial charge in [-0.1, -0.05) is 18.2 Å². The van der Waals surface area contributed by atoms with Gasteiger partial charge in [0.1, 0.15) is 11.4 Å². The third-order valence-electron chi connectivity index (χ3n) is 4.24. The number of hydrogen-bond acceptors (Lipinski definition) is 6. The summed E-state index contributed by atoms with van der Waals surface area (Å²) in [5.74, 6) is 0.768. The first-order chi connectivity index (χ1) is 12.1. The molecular formula is C17H14N4O4. The average molecular weight is 338 g/mol. The Hall–Kier alpha value is -3.42. The number of hydrogen-bond donors (Lipinski definition) is 2. The van der Waals surface area contributed by atoms with E-state index in [1.807, 2.05) is 24.3 Å². The largest absolute Gasteiger partial charge is 0.493 e. The van der Waals surface area contributed by atoms with Crippen LogP contribution in [0.3, 0.4) is 0 Å². The number of nitrogens with one attached hydrogen (secondary N) is 2. The van der Waals surface area contributed by atoms with Crippen molar-refractivity contribution in [3.05, 3.63) is 68.8 Å². The first-order valence-electron chi connectivity index (χ1n) is 7.77. The van der Waals surface area contributed by atoms with Crippen LogP contribution in [0, 0.1) is 10.1 Å². The molecule has 4 rings (SSSR count). The van der Waals surface area contributed by atoms with Gasteiger partial charge in [0.2, 0.25) is 0 Å². The molecular weight excluding hydrogens is 324 g/mol. The molecule has 0 radical (unpaired) electrons. The van der Waals surface area contributed by atoms with Crippen molar-refractivity contribution in [3.8, 4) is 5.75 Å². The maximum Gasteiger partial charge on any atom is 0.293 e. The first-order valence-corrected chi connectivity index (χ1v) is 7.77. The second kappa shape index (κ2) is 5.90. The molecule has 0 spiro atoms. The van der Waals surface area contributed by atoms with Crippen LogP contribution >= 0.6 is 0 Å². The maximum absolute atomic E-state index is 11.9. The van der Waals surface area contributed by atoms with E-state index in [4.69, 9.17) is 4.74 Å². The fourth-order valence-electron chi connectivity index (χ4n) is 3.05. The van der Waals surface area contributed by atoms with Crippen molar-refractivity contribution in [1.29, 1.82) is 0 Å². The molecule has 25 heavy (non-hydrogen) atoms. The minimum atomic E-state index is -0.501. The van der Waals surface area contributed by atoms with Crippen molar-refractivity contribution in [1.82, 2.24) is 9.97 Å². The summed E-state index contributed by atoms with van der Waals surface area (Å²) in [6.45, 7) is 0.522. The SMILES string of the molecule is O=c1[nH]cnc2cc(NC3CCOc4ccccc43)c([N+](=O)[O-])cc12. The molecule has 1 unspecified atom stereocenters. The van der Waals surface area contributed by atoms with Gasteiger partial charge in [-0.25, -0.2) is 4.98 Å². The molecule has 2 N–H and O–H groups in total. The number of benzene rings is 2. The second-order valence-electron chi connectivity index (χ2n) is 5.75. The van der Waals surface area contributed by atoms with Crippen LogP contribution in [0.2, 0.25) is 0 Å². The molecule has 0 amide bonds. The minimum absolute atomic E-state index is 0.122. The number of anilines is 1. The molecule has 0 saturated heterocycles. The average Bonchev–Trinajstić information content (AvgIpc) is 2.62. The van der Waals surface area contributed by atoms with Crippen molar-refractivity contribution < 1.29 is 9.66 Å². The van der Waals surface area contributed by atoms with Crippen LogP contribution in [0.1, 0.15) is 18.0 Å². The third kappa shape index (κ3) is 2.67. The van der Waals surface area contributed by atoms with Gasteiger partial charge in [0, 0.05) is 18.1 Å². The summed E-state index contributed by atoms with van der Waals surface area (Å²) in [7, 11) is 0. The molecule has 3 aromatic rings. The lowest BCUT2D eigenvalue weighted by atomic mass is 10.00. The van der Waals surface area contributed by atoms with E-state index < -0.39 is 10.5 Å². The van der Waals surface area contributed by atoms with Crippen LogP contribution in [0.15, 0.2) is 47.5 Å². The zero-order valence-electron chi connectivity index (χ0n) is 13.1. The maximum atomic E-state index is 11.9. The van der Waals surface area contributed by atoms with E-state index in [1.165, 1.54) is 12.4 Å². The van der Waals surface area contributed by atoms with Crippen LogP contribution < -0.4 is 15.6 Å². The van der Waals surface area contributed by atoms with E-state index in [2.05, 4.69) is 15.3 Å². The van der Waals surface area contributed by atoms with E-state index in [1.54, 1.807) is 6.07 Å². The lowest BCUT2D eigenvalue weighted by Gasteiger charge is -2.27. The number of fused-ring (bicyclic) bond motifs is 2. The molecule has 0 bridgehead atoms. The molecule has 0 saturated carbocycles. The van der Waals surface area contributed by atoms with Gasteiger partial charge in [0.25, 0.3) is 11.2 Å². The zero-order chi connectivity index (χ0) is 17.4. The van der Waals surface area contributed by atoms with E-state index in [-0.39, 0.29) is 17.1 Å². The van der Waals surface area contributed by atoms with E-state index in [0.29, 0.717) is 24.2 Å². The lowest BCUT2D eigenvalue weighted by Crippen LogP contribution is -2.21. The first kappa shape index (κ1) is 15.1. The fraction of sp³-hybridized carbons (Fsp3) is 0.176. The number of aromatic nitrogens is 2. The number of nitro groups is 1. The summed E-state index contributed by atoms with van der Waals surface area (Å²) in [5.41, 5.74) is 1.11. The number of aromatic amines is 1. The number of ether oxygens (including phenoxy) is 1. The van der Waals surface area contributed by atoms with Gasteiger partial charge in [0.15, 0.2) is 0 Å². The van der Waals surface area contributed by atoms with Gasteiger partial charge in [-0.3, -0.25) is 14.9 Å². The Morgan fingerprint density at radius 2 is 2.16 bits per heavy atom. The highest BCUT2D eigenvalue weighted by atomic mass is 16.6. The Bertz CT molecular complexity index is 1030. The van der Waals surface area contributed by atoms with E-state index in [0.717, 1.165) is 11.3 Å². The van der Waals surface area contributed by atoms with Crippen LogP contribution in [0.4, 0.5) is 11.4 Å².